The van der Waals surface area contributed by atoms with Gasteiger partial charge in [0.15, 0.2) is 0 Å². The van der Waals surface area contributed by atoms with Crippen molar-refractivity contribution in [2.45, 2.75) is 39.7 Å². The Morgan fingerprint density at radius 2 is 2.07 bits per heavy atom. The van der Waals surface area contributed by atoms with Gasteiger partial charge in [-0.05, 0) is 42.5 Å². The summed E-state index contributed by atoms with van der Waals surface area (Å²) >= 11 is 3.44. The largest absolute Gasteiger partial charge is 0.388 e. The molecule has 84 valence electrons. The van der Waals surface area contributed by atoms with Gasteiger partial charge in [0.2, 0.25) is 0 Å². The molecule has 0 saturated heterocycles. The van der Waals surface area contributed by atoms with E-state index in [0.29, 0.717) is 5.92 Å². The molecule has 1 nitrogen and oxygen atoms in total. The van der Waals surface area contributed by atoms with E-state index in [1.807, 2.05) is 25.1 Å². The number of aliphatic hydroxyl groups is 1. The summed E-state index contributed by atoms with van der Waals surface area (Å²) in [6, 6.07) is 6.07. The minimum absolute atomic E-state index is 0.336. The van der Waals surface area contributed by atoms with Crippen molar-refractivity contribution in [1.82, 2.24) is 0 Å². The molecule has 2 unspecified atom stereocenters. The van der Waals surface area contributed by atoms with Gasteiger partial charge in [-0.1, -0.05) is 42.3 Å². The summed E-state index contributed by atoms with van der Waals surface area (Å²) in [6.07, 6.45) is 1.62. The fourth-order valence-corrected chi connectivity index (χ4v) is 2.02. The lowest BCUT2D eigenvalue weighted by molar-refractivity contribution is 0.146. The van der Waals surface area contributed by atoms with Crippen LogP contribution >= 0.6 is 15.9 Å². The van der Waals surface area contributed by atoms with E-state index in [1.54, 1.807) is 0 Å². The van der Waals surface area contributed by atoms with Crippen molar-refractivity contribution in [3.8, 4) is 0 Å². The van der Waals surface area contributed by atoms with E-state index in [4.69, 9.17) is 0 Å². The third-order valence-electron chi connectivity index (χ3n) is 2.92. The highest BCUT2D eigenvalue weighted by atomic mass is 79.9. The average molecular weight is 271 g/mol. The average Bonchev–Trinajstić information content (AvgIpc) is 2.21. The molecule has 1 aromatic rings. The van der Waals surface area contributed by atoms with E-state index >= 15 is 0 Å². The molecule has 1 aromatic carbocycles. The first-order valence-electron chi connectivity index (χ1n) is 5.48. The summed E-state index contributed by atoms with van der Waals surface area (Å²) in [5.41, 5.74) is 2.21. The summed E-state index contributed by atoms with van der Waals surface area (Å²) in [6.45, 7) is 6.38. The molecule has 2 atom stereocenters. The van der Waals surface area contributed by atoms with Crippen molar-refractivity contribution in [3.05, 3.63) is 33.8 Å². The lowest BCUT2D eigenvalue weighted by Crippen LogP contribution is -2.05. The standard InChI is InChI=1S/C13H19BrO/c1-4-9(2)7-13(15)12-8-11(14)6-5-10(12)3/h5-6,8-9,13,15H,4,7H2,1-3H3. The molecule has 1 N–H and O–H groups in total. The number of hydrogen-bond acceptors (Lipinski definition) is 1. The topological polar surface area (TPSA) is 20.2 Å². The van der Waals surface area contributed by atoms with Gasteiger partial charge in [-0.2, -0.15) is 0 Å². The first kappa shape index (κ1) is 12.7. The highest BCUT2D eigenvalue weighted by Gasteiger charge is 2.13. The lowest BCUT2D eigenvalue weighted by Gasteiger charge is -2.17. The van der Waals surface area contributed by atoms with E-state index < -0.39 is 0 Å². The summed E-state index contributed by atoms with van der Waals surface area (Å²) < 4.78 is 1.03. The minimum atomic E-state index is -0.336. The number of aliphatic hydroxyl groups excluding tert-OH is 1. The van der Waals surface area contributed by atoms with Crippen molar-refractivity contribution >= 4 is 15.9 Å². The van der Waals surface area contributed by atoms with E-state index in [9.17, 15) is 5.11 Å². The molecule has 2 heteroatoms. The Morgan fingerprint density at radius 3 is 2.67 bits per heavy atom. The zero-order chi connectivity index (χ0) is 11.4. The van der Waals surface area contributed by atoms with Gasteiger partial charge in [-0.15, -0.1) is 0 Å². The highest BCUT2D eigenvalue weighted by molar-refractivity contribution is 9.10. The Morgan fingerprint density at radius 1 is 1.40 bits per heavy atom. The number of rotatable bonds is 4. The van der Waals surface area contributed by atoms with Crippen LogP contribution in [0, 0.1) is 12.8 Å². The summed E-state index contributed by atoms with van der Waals surface area (Å²) in [5.74, 6) is 0.568. The molecule has 0 radical (unpaired) electrons. The molecule has 15 heavy (non-hydrogen) atoms. The molecule has 0 aromatic heterocycles. The van der Waals surface area contributed by atoms with Crippen LogP contribution in [-0.2, 0) is 0 Å². The quantitative estimate of drug-likeness (QED) is 0.869. The van der Waals surface area contributed by atoms with Gasteiger partial charge in [0.25, 0.3) is 0 Å². The molecule has 0 heterocycles. The zero-order valence-corrected chi connectivity index (χ0v) is 11.2. The van der Waals surface area contributed by atoms with Crippen molar-refractivity contribution < 1.29 is 5.11 Å². The van der Waals surface area contributed by atoms with Crippen LogP contribution in [0.5, 0.6) is 0 Å². The number of hydrogen-bond donors (Lipinski definition) is 1. The second-order valence-corrected chi connectivity index (χ2v) is 5.18. The first-order chi connectivity index (χ1) is 7.04. The normalized spacial score (nSPS) is 15.0. The molecule has 0 aliphatic carbocycles. The third-order valence-corrected chi connectivity index (χ3v) is 3.42. The van der Waals surface area contributed by atoms with Gasteiger partial charge < -0.3 is 5.11 Å². The molecule has 0 amide bonds. The second-order valence-electron chi connectivity index (χ2n) is 4.27. The van der Waals surface area contributed by atoms with Gasteiger partial charge in [0.05, 0.1) is 6.10 Å². The maximum atomic E-state index is 10.1. The Balaban J connectivity index is 2.80. The van der Waals surface area contributed by atoms with Crippen molar-refractivity contribution in [1.29, 1.82) is 0 Å². The molecule has 0 aliphatic heterocycles. The molecular formula is C13H19BrO. The predicted molar refractivity (Wildman–Crippen MR) is 67.9 cm³/mol. The van der Waals surface area contributed by atoms with Crippen LogP contribution in [0.2, 0.25) is 0 Å². The highest BCUT2D eigenvalue weighted by Crippen LogP contribution is 2.27. The molecule has 1 rings (SSSR count). The van der Waals surface area contributed by atoms with Gasteiger partial charge in [-0.3, -0.25) is 0 Å². The number of aryl methyl sites for hydroxylation is 1. The Kier molecular flexibility index (Phi) is 4.81. The van der Waals surface area contributed by atoms with Crippen molar-refractivity contribution in [3.63, 3.8) is 0 Å². The van der Waals surface area contributed by atoms with Crippen LogP contribution in [0.3, 0.4) is 0 Å². The van der Waals surface area contributed by atoms with E-state index in [0.717, 1.165) is 28.4 Å². The minimum Gasteiger partial charge on any atom is -0.388 e. The maximum Gasteiger partial charge on any atom is 0.0795 e. The zero-order valence-electron chi connectivity index (χ0n) is 9.63. The molecular weight excluding hydrogens is 252 g/mol. The van der Waals surface area contributed by atoms with E-state index in [2.05, 4.69) is 29.8 Å². The Bertz CT molecular complexity index is 322. The molecule has 0 spiro atoms. The van der Waals surface area contributed by atoms with Gasteiger partial charge in [-0.25, -0.2) is 0 Å². The van der Waals surface area contributed by atoms with Crippen molar-refractivity contribution in [2.24, 2.45) is 5.92 Å². The SMILES string of the molecule is CCC(C)CC(O)c1cc(Br)ccc1C. The monoisotopic (exact) mass is 270 g/mol. The van der Waals surface area contributed by atoms with Gasteiger partial charge in [0.1, 0.15) is 0 Å². The fraction of sp³-hybridized carbons (Fsp3) is 0.538. The lowest BCUT2D eigenvalue weighted by atomic mass is 9.94. The van der Waals surface area contributed by atoms with Crippen LogP contribution in [0.25, 0.3) is 0 Å². The fourth-order valence-electron chi connectivity index (χ4n) is 1.65. The van der Waals surface area contributed by atoms with E-state index in [1.165, 1.54) is 0 Å². The smallest absolute Gasteiger partial charge is 0.0795 e. The van der Waals surface area contributed by atoms with E-state index in [-0.39, 0.29) is 6.10 Å². The Labute approximate surface area is 101 Å². The van der Waals surface area contributed by atoms with Crippen LogP contribution in [0.15, 0.2) is 22.7 Å². The van der Waals surface area contributed by atoms with Crippen LogP contribution in [-0.4, -0.2) is 5.11 Å². The Hall–Kier alpha value is -0.340. The third kappa shape index (κ3) is 3.62. The van der Waals surface area contributed by atoms with Crippen molar-refractivity contribution in [2.75, 3.05) is 0 Å². The number of benzene rings is 1. The van der Waals surface area contributed by atoms with Crippen LogP contribution in [0.1, 0.15) is 43.9 Å². The molecule has 0 bridgehead atoms. The van der Waals surface area contributed by atoms with Crippen LogP contribution in [0.4, 0.5) is 0 Å². The summed E-state index contributed by atoms with van der Waals surface area (Å²) in [5, 5.41) is 10.1. The summed E-state index contributed by atoms with van der Waals surface area (Å²) in [4.78, 5) is 0. The molecule has 0 fully saturated rings. The molecule has 0 saturated carbocycles. The molecule has 0 aliphatic rings. The van der Waals surface area contributed by atoms with Gasteiger partial charge >= 0.3 is 0 Å². The predicted octanol–water partition coefficient (Wildman–Crippen LogP) is 4.23. The summed E-state index contributed by atoms with van der Waals surface area (Å²) in [7, 11) is 0. The first-order valence-corrected chi connectivity index (χ1v) is 6.28. The second kappa shape index (κ2) is 5.66. The van der Waals surface area contributed by atoms with Crippen LogP contribution < -0.4 is 0 Å². The maximum absolute atomic E-state index is 10.1. The van der Waals surface area contributed by atoms with Gasteiger partial charge in [0, 0.05) is 4.47 Å². The number of halogens is 1.